The highest BCUT2D eigenvalue weighted by Gasteiger charge is 2.19. The van der Waals surface area contributed by atoms with Gasteiger partial charge in [-0.25, -0.2) is 0 Å². The van der Waals surface area contributed by atoms with Gasteiger partial charge in [-0.2, -0.15) is 0 Å². The minimum absolute atomic E-state index is 0.0899. The van der Waals surface area contributed by atoms with Crippen LogP contribution >= 0.6 is 0 Å². The van der Waals surface area contributed by atoms with E-state index in [4.69, 9.17) is 0 Å². The summed E-state index contributed by atoms with van der Waals surface area (Å²) in [6.45, 7) is 5.95. The lowest BCUT2D eigenvalue weighted by Gasteiger charge is -2.16. The molecule has 1 aliphatic heterocycles. The number of hydrogen-bond acceptors (Lipinski definition) is 3. The first kappa shape index (κ1) is 20.8. The standard InChI is InChI=1S/C25H27N3O3/c1-17-9-10-19(18(2)16-17)24(30)26-22-7-3-6-21-20(22)11-15-28(25(21)31)14-5-13-27-12-4-8-23(27)29/h3,6-7,9-11,15-16H,4-5,8,12-14H2,1-2H3,(H,26,30). The number of likely N-dealkylation sites (tertiary alicyclic amines) is 1. The average molecular weight is 418 g/mol. The maximum absolute atomic E-state index is 13.0. The highest BCUT2D eigenvalue weighted by atomic mass is 16.2. The number of nitrogens with zero attached hydrogens (tertiary/aromatic N) is 2. The van der Waals surface area contributed by atoms with Crippen LogP contribution < -0.4 is 10.9 Å². The fourth-order valence-electron chi connectivity index (χ4n) is 4.23. The molecule has 4 rings (SSSR count). The molecule has 0 aliphatic carbocycles. The van der Waals surface area contributed by atoms with Gasteiger partial charge in [-0.05, 0) is 56.5 Å². The summed E-state index contributed by atoms with van der Waals surface area (Å²) in [4.78, 5) is 39.4. The molecule has 6 heteroatoms. The second kappa shape index (κ2) is 8.76. The predicted molar refractivity (Wildman–Crippen MR) is 123 cm³/mol. The van der Waals surface area contributed by atoms with Crippen LogP contribution in [0.25, 0.3) is 10.8 Å². The molecule has 0 saturated carbocycles. The van der Waals surface area contributed by atoms with E-state index in [1.807, 2.05) is 49.1 Å². The zero-order valence-electron chi connectivity index (χ0n) is 18.0. The van der Waals surface area contributed by atoms with Crippen molar-refractivity contribution in [2.45, 2.75) is 39.7 Å². The SMILES string of the molecule is Cc1ccc(C(=O)Nc2cccc3c(=O)n(CCCN4CCCC4=O)ccc23)c(C)c1. The Morgan fingerprint density at radius 1 is 1.03 bits per heavy atom. The largest absolute Gasteiger partial charge is 0.343 e. The summed E-state index contributed by atoms with van der Waals surface area (Å²) < 4.78 is 1.68. The van der Waals surface area contributed by atoms with E-state index in [1.165, 1.54) is 0 Å². The van der Waals surface area contributed by atoms with Crippen LogP contribution in [0.1, 0.15) is 40.7 Å². The molecule has 1 aliphatic rings. The Kier molecular flexibility index (Phi) is 5.89. The molecule has 1 saturated heterocycles. The number of nitrogens with one attached hydrogen (secondary N) is 1. The Morgan fingerprint density at radius 2 is 1.87 bits per heavy atom. The third-order valence-electron chi connectivity index (χ3n) is 5.89. The zero-order chi connectivity index (χ0) is 22.0. The number of carbonyl (C=O) groups excluding carboxylic acids is 2. The lowest BCUT2D eigenvalue weighted by Crippen LogP contribution is -2.28. The first-order valence-corrected chi connectivity index (χ1v) is 10.7. The highest BCUT2D eigenvalue weighted by molar-refractivity contribution is 6.09. The van der Waals surface area contributed by atoms with Crippen LogP contribution in [0.2, 0.25) is 0 Å². The van der Waals surface area contributed by atoms with Gasteiger partial charge >= 0.3 is 0 Å². The number of benzene rings is 2. The number of hydrogen-bond donors (Lipinski definition) is 1. The number of aromatic nitrogens is 1. The number of pyridine rings is 1. The lowest BCUT2D eigenvalue weighted by atomic mass is 10.0. The summed E-state index contributed by atoms with van der Waals surface area (Å²) in [5.74, 6) is 0.0134. The number of anilines is 1. The molecular weight excluding hydrogens is 390 g/mol. The number of fused-ring (bicyclic) bond motifs is 1. The van der Waals surface area contributed by atoms with Gasteiger partial charge in [0.2, 0.25) is 5.91 Å². The van der Waals surface area contributed by atoms with E-state index in [1.54, 1.807) is 22.9 Å². The number of aryl methyl sites for hydroxylation is 3. The van der Waals surface area contributed by atoms with Crippen molar-refractivity contribution < 1.29 is 9.59 Å². The molecule has 0 radical (unpaired) electrons. The molecule has 1 fully saturated rings. The number of rotatable bonds is 6. The highest BCUT2D eigenvalue weighted by Crippen LogP contribution is 2.22. The van der Waals surface area contributed by atoms with Crippen molar-refractivity contribution >= 4 is 28.3 Å². The zero-order valence-corrected chi connectivity index (χ0v) is 18.0. The van der Waals surface area contributed by atoms with Crippen molar-refractivity contribution in [1.82, 2.24) is 9.47 Å². The van der Waals surface area contributed by atoms with Crippen LogP contribution in [0.15, 0.2) is 53.5 Å². The molecule has 1 N–H and O–H groups in total. The fourth-order valence-corrected chi connectivity index (χ4v) is 4.23. The van der Waals surface area contributed by atoms with Crippen LogP contribution in [0.4, 0.5) is 5.69 Å². The Hall–Kier alpha value is -3.41. The molecule has 0 unspecified atom stereocenters. The van der Waals surface area contributed by atoms with Gasteiger partial charge in [0.15, 0.2) is 0 Å². The summed E-state index contributed by atoms with van der Waals surface area (Å²) in [7, 11) is 0. The van der Waals surface area contributed by atoms with E-state index in [0.717, 1.165) is 35.9 Å². The topological polar surface area (TPSA) is 71.4 Å². The van der Waals surface area contributed by atoms with Gasteiger partial charge in [-0.3, -0.25) is 14.4 Å². The fraction of sp³-hybridized carbons (Fsp3) is 0.320. The molecular formula is C25H27N3O3. The molecule has 6 nitrogen and oxygen atoms in total. The van der Waals surface area contributed by atoms with E-state index in [0.29, 0.717) is 36.1 Å². The Labute approximate surface area is 181 Å². The van der Waals surface area contributed by atoms with E-state index in [-0.39, 0.29) is 17.4 Å². The van der Waals surface area contributed by atoms with E-state index in [9.17, 15) is 14.4 Å². The van der Waals surface area contributed by atoms with Crippen LogP contribution in [0.5, 0.6) is 0 Å². The van der Waals surface area contributed by atoms with Gasteiger partial charge in [0.05, 0.1) is 0 Å². The Balaban J connectivity index is 1.53. The van der Waals surface area contributed by atoms with E-state index in [2.05, 4.69) is 5.32 Å². The normalized spacial score (nSPS) is 13.7. The van der Waals surface area contributed by atoms with Crippen molar-refractivity contribution in [3.8, 4) is 0 Å². The summed E-state index contributed by atoms with van der Waals surface area (Å²) in [5.41, 5.74) is 3.17. The number of amides is 2. The molecule has 2 aromatic carbocycles. The summed E-state index contributed by atoms with van der Waals surface area (Å²) in [5, 5.41) is 4.25. The molecule has 3 aromatic rings. The summed E-state index contributed by atoms with van der Waals surface area (Å²) >= 11 is 0. The predicted octanol–water partition coefficient (Wildman–Crippen LogP) is 3.88. The molecule has 1 aromatic heterocycles. The van der Waals surface area contributed by atoms with E-state index >= 15 is 0 Å². The average Bonchev–Trinajstić information content (AvgIpc) is 3.15. The summed E-state index contributed by atoms with van der Waals surface area (Å²) in [6.07, 6.45) is 4.06. The molecule has 0 atom stereocenters. The second-order valence-electron chi connectivity index (χ2n) is 8.19. The van der Waals surface area contributed by atoms with Gasteiger partial charge in [-0.1, -0.05) is 23.8 Å². The third-order valence-corrected chi connectivity index (χ3v) is 5.89. The number of carbonyl (C=O) groups is 2. The lowest BCUT2D eigenvalue weighted by molar-refractivity contribution is -0.127. The van der Waals surface area contributed by atoms with Crippen molar-refractivity contribution in [3.63, 3.8) is 0 Å². The molecule has 2 amide bonds. The minimum Gasteiger partial charge on any atom is -0.343 e. The van der Waals surface area contributed by atoms with Gasteiger partial charge in [0.1, 0.15) is 0 Å². The molecule has 0 spiro atoms. The minimum atomic E-state index is -0.190. The third kappa shape index (κ3) is 4.38. The molecule has 160 valence electrons. The van der Waals surface area contributed by atoms with Crippen molar-refractivity contribution in [1.29, 1.82) is 0 Å². The molecule has 2 heterocycles. The van der Waals surface area contributed by atoms with Crippen LogP contribution in [0, 0.1) is 13.8 Å². The van der Waals surface area contributed by atoms with Crippen molar-refractivity contribution in [2.24, 2.45) is 0 Å². The first-order valence-electron chi connectivity index (χ1n) is 10.7. The van der Waals surface area contributed by atoms with Crippen LogP contribution in [0.3, 0.4) is 0 Å². The first-order chi connectivity index (χ1) is 14.9. The maximum Gasteiger partial charge on any atom is 0.258 e. The van der Waals surface area contributed by atoms with Crippen molar-refractivity contribution in [3.05, 3.63) is 75.7 Å². The maximum atomic E-state index is 13.0. The Bertz CT molecular complexity index is 1210. The van der Waals surface area contributed by atoms with Gasteiger partial charge in [-0.15, -0.1) is 0 Å². The molecule has 0 bridgehead atoms. The molecule has 31 heavy (non-hydrogen) atoms. The van der Waals surface area contributed by atoms with E-state index < -0.39 is 0 Å². The van der Waals surface area contributed by atoms with Crippen molar-refractivity contribution in [2.75, 3.05) is 18.4 Å². The smallest absolute Gasteiger partial charge is 0.258 e. The summed E-state index contributed by atoms with van der Waals surface area (Å²) in [6, 6.07) is 13.0. The van der Waals surface area contributed by atoms with Gasteiger partial charge in [0, 0.05) is 54.3 Å². The Morgan fingerprint density at radius 3 is 2.61 bits per heavy atom. The second-order valence-corrected chi connectivity index (χ2v) is 8.19. The quantitative estimate of drug-likeness (QED) is 0.662. The van der Waals surface area contributed by atoms with Crippen LogP contribution in [-0.4, -0.2) is 34.4 Å². The van der Waals surface area contributed by atoms with Crippen LogP contribution in [-0.2, 0) is 11.3 Å². The van der Waals surface area contributed by atoms with Gasteiger partial charge < -0.3 is 14.8 Å². The monoisotopic (exact) mass is 417 g/mol. The van der Waals surface area contributed by atoms with Gasteiger partial charge in [0.25, 0.3) is 11.5 Å².